The largest absolute Gasteiger partial charge is 0.433 e. The lowest BCUT2D eigenvalue weighted by Crippen LogP contribution is -2.09. The molecule has 3 N–H and O–H groups in total. The predicted octanol–water partition coefficient (Wildman–Crippen LogP) is 0.863. The van der Waals surface area contributed by atoms with Crippen LogP contribution in [0, 0.1) is 0 Å². The highest BCUT2D eigenvalue weighted by Gasteiger charge is 2.33. The zero-order valence-corrected chi connectivity index (χ0v) is 7.65. The van der Waals surface area contributed by atoms with Crippen LogP contribution in [0.4, 0.5) is 18.9 Å². The SMILES string of the molecule is Nc1cc(-c2nn[nH]n2)nc(C(F)(F)F)c1. The van der Waals surface area contributed by atoms with E-state index in [9.17, 15) is 13.2 Å². The van der Waals surface area contributed by atoms with Crippen molar-refractivity contribution in [2.24, 2.45) is 0 Å². The summed E-state index contributed by atoms with van der Waals surface area (Å²) in [5.41, 5.74) is 4.10. The number of pyridine rings is 1. The van der Waals surface area contributed by atoms with Crippen molar-refractivity contribution in [2.75, 3.05) is 5.73 Å². The third kappa shape index (κ3) is 1.92. The molecule has 0 amide bonds. The minimum absolute atomic E-state index is 0.0437. The van der Waals surface area contributed by atoms with Gasteiger partial charge in [-0.2, -0.15) is 18.4 Å². The van der Waals surface area contributed by atoms with E-state index < -0.39 is 11.9 Å². The van der Waals surface area contributed by atoms with Crippen LogP contribution in [0.2, 0.25) is 0 Å². The second-order valence-electron chi connectivity index (χ2n) is 2.90. The average Bonchev–Trinajstić information content (AvgIpc) is 2.68. The lowest BCUT2D eigenvalue weighted by atomic mass is 10.2. The maximum atomic E-state index is 12.4. The molecule has 2 aromatic rings. The highest BCUT2D eigenvalue weighted by molar-refractivity contribution is 5.56. The van der Waals surface area contributed by atoms with Crippen molar-refractivity contribution in [1.29, 1.82) is 0 Å². The molecule has 9 heteroatoms. The van der Waals surface area contributed by atoms with E-state index in [0.29, 0.717) is 0 Å². The highest BCUT2D eigenvalue weighted by Crippen LogP contribution is 2.30. The zero-order valence-electron chi connectivity index (χ0n) is 7.65. The van der Waals surface area contributed by atoms with E-state index in [1.807, 2.05) is 0 Å². The molecule has 0 radical (unpaired) electrons. The van der Waals surface area contributed by atoms with Crippen LogP contribution in [-0.2, 0) is 6.18 Å². The summed E-state index contributed by atoms with van der Waals surface area (Å²) >= 11 is 0. The lowest BCUT2D eigenvalue weighted by molar-refractivity contribution is -0.141. The van der Waals surface area contributed by atoms with Gasteiger partial charge in [0.15, 0.2) is 0 Å². The van der Waals surface area contributed by atoms with Gasteiger partial charge in [0.2, 0.25) is 5.82 Å². The molecule has 0 unspecified atom stereocenters. The lowest BCUT2D eigenvalue weighted by Gasteiger charge is -2.07. The number of nitrogen functional groups attached to an aromatic ring is 1. The summed E-state index contributed by atoms with van der Waals surface area (Å²) < 4.78 is 37.2. The number of nitrogens with zero attached hydrogens (tertiary/aromatic N) is 4. The predicted molar refractivity (Wildman–Crippen MR) is 46.8 cm³/mol. The van der Waals surface area contributed by atoms with Gasteiger partial charge in [0.05, 0.1) is 0 Å². The molecule has 0 aliphatic rings. The summed E-state index contributed by atoms with van der Waals surface area (Å²) in [7, 11) is 0. The molecule has 6 nitrogen and oxygen atoms in total. The van der Waals surface area contributed by atoms with Crippen LogP contribution in [0.15, 0.2) is 12.1 Å². The first-order valence-electron chi connectivity index (χ1n) is 4.05. The van der Waals surface area contributed by atoms with Gasteiger partial charge in [-0.1, -0.05) is 0 Å². The monoisotopic (exact) mass is 230 g/mol. The van der Waals surface area contributed by atoms with Gasteiger partial charge in [0.1, 0.15) is 11.4 Å². The second-order valence-corrected chi connectivity index (χ2v) is 2.90. The highest BCUT2D eigenvalue weighted by atomic mass is 19.4. The number of hydrogen-bond donors (Lipinski definition) is 2. The second kappa shape index (κ2) is 3.43. The third-order valence-corrected chi connectivity index (χ3v) is 1.71. The van der Waals surface area contributed by atoms with Crippen LogP contribution in [0.25, 0.3) is 11.5 Å². The molecule has 16 heavy (non-hydrogen) atoms. The molecule has 0 saturated carbocycles. The molecule has 0 spiro atoms. The summed E-state index contributed by atoms with van der Waals surface area (Å²) in [6.45, 7) is 0. The van der Waals surface area contributed by atoms with E-state index in [1.54, 1.807) is 0 Å². The number of nitrogens with one attached hydrogen (secondary N) is 1. The van der Waals surface area contributed by atoms with Gasteiger partial charge in [-0.25, -0.2) is 4.98 Å². The summed E-state index contributed by atoms with van der Waals surface area (Å²) in [6.07, 6.45) is -4.56. The number of aromatic nitrogens is 5. The number of H-pyrrole nitrogens is 1. The van der Waals surface area contributed by atoms with Crippen LogP contribution >= 0.6 is 0 Å². The van der Waals surface area contributed by atoms with Crippen LogP contribution < -0.4 is 5.73 Å². The molecule has 2 rings (SSSR count). The van der Waals surface area contributed by atoms with Gasteiger partial charge >= 0.3 is 6.18 Å². The first kappa shape index (κ1) is 10.3. The van der Waals surface area contributed by atoms with Crippen molar-refractivity contribution in [3.63, 3.8) is 0 Å². The number of rotatable bonds is 1. The van der Waals surface area contributed by atoms with Gasteiger partial charge in [-0.15, -0.1) is 10.2 Å². The Balaban J connectivity index is 2.53. The standard InChI is InChI=1S/C7H5F3N6/c8-7(9,10)5-2-3(11)1-4(12-5)6-13-15-16-14-6/h1-2H,(H2,11,12)(H,13,14,15,16). The Hall–Kier alpha value is -2.19. The van der Waals surface area contributed by atoms with E-state index in [-0.39, 0.29) is 17.2 Å². The van der Waals surface area contributed by atoms with Crippen molar-refractivity contribution in [2.45, 2.75) is 6.18 Å². The normalized spacial score (nSPS) is 11.7. The fourth-order valence-corrected chi connectivity index (χ4v) is 1.08. The van der Waals surface area contributed by atoms with E-state index >= 15 is 0 Å². The van der Waals surface area contributed by atoms with Gasteiger partial charge in [0, 0.05) is 5.69 Å². The maximum absolute atomic E-state index is 12.4. The summed E-state index contributed by atoms with van der Waals surface area (Å²) in [5.74, 6) is -0.0437. The molecule has 0 atom stereocenters. The van der Waals surface area contributed by atoms with Crippen LogP contribution in [0.1, 0.15) is 5.69 Å². The molecule has 2 heterocycles. The van der Waals surface area contributed by atoms with E-state index in [0.717, 1.165) is 6.07 Å². The van der Waals surface area contributed by atoms with E-state index in [2.05, 4.69) is 25.6 Å². The summed E-state index contributed by atoms with van der Waals surface area (Å²) in [4.78, 5) is 3.36. The number of anilines is 1. The van der Waals surface area contributed by atoms with Crippen molar-refractivity contribution < 1.29 is 13.2 Å². The minimum Gasteiger partial charge on any atom is -0.399 e. The first-order valence-corrected chi connectivity index (χ1v) is 4.05. The van der Waals surface area contributed by atoms with Gasteiger partial charge in [0.25, 0.3) is 0 Å². The van der Waals surface area contributed by atoms with Crippen LogP contribution in [0.5, 0.6) is 0 Å². The minimum atomic E-state index is -4.56. The van der Waals surface area contributed by atoms with Gasteiger partial charge < -0.3 is 5.73 Å². The molecule has 2 aromatic heterocycles. The Bertz CT molecular complexity index is 491. The number of alkyl halides is 3. The van der Waals surface area contributed by atoms with Crippen molar-refractivity contribution >= 4 is 5.69 Å². The van der Waals surface area contributed by atoms with Crippen molar-refractivity contribution in [3.8, 4) is 11.5 Å². The van der Waals surface area contributed by atoms with Crippen molar-refractivity contribution in [1.82, 2.24) is 25.6 Å². The Morgan fingerprint density at radius 3 is 2.56 bits per heavy atom. The molecule has 0 aromatic carbocycles. The topological polar surface area (TPSA) is 93.4 Å². The molecular weight excluding hydrogens is 225 g/mol. The molecular formula is C7H5F3N6. The fraction of sp³-hybridized carbons (Fsp3) is 0.143. The number of aromatic amines is 1. The summed E-state index contributed by atoms with van der Waals surface area (Å²) in [6, 6.07) is 1.98. The average molecular weight is 230 g/mol. The third-order valence-electron chi connectivity index (χ3n) is 1.71. The molecule has 0 bridgehead atoms. The fourth-order valence-electron chi connectivity index (χ4n) is 1.08. The van der Waals surface area contributed by atoms with Gasteiger partial charge in [-0.3, -0.25) is 0 Å². The Kier molecular flexibility index (Phi) is 2.22. The quantitative estimate of drug-likeness (QED) is 0.757. The maximum Gasteiger partial charge on any atom is 0.433 e. The van der Waals surface area contributed by atoms with Crippen LogP contribution in [-0.4, -0.2) is 25.6 Å². The van der Waals surface area contributed by atoms with Crippen molar-refractivity contribution in [3.05, 3.63) is 17.8 Å². The van der Waals surface area contributed by atoms with Gasteiger partial charge in [-0.05, 0) is 17.3 Å². The van der Waals surface area contributed by atoms with Crippen LogP contribution in [0.3, 0.4) is 0 Å². The molecule has 0 aliphatic heterocycles. The number of nitrogens with two attached hydrogens (primary N) is 1. The summed E-state index contributed by atoms with van der Waals surface area (Å²) in [5, 5.41) is 12.4. The van der Waals surface area contributed by atoms with E-state index in [4.69, 9.17) is 5.73 Å². The number of halogens is 3. The Labute approximate surface area is 86.7 Å². The smallest absolute Gasteiger partial charge is 0.399 e. The Morgan fingerprint density at radius 2 is 2.00 bits per heavy atom. The molecule has 0 saturated heterocycles. The number of hydrogen-bond acceptors (Lipinski definition) is 5. The number of tetrazole rings is 1. The molecule has 84 valence electrons. The Morgan fingerprint density at radius 1 is 1.25 bits per heavy atom. The molecule has 0 fully saturated rings. The van der Waals surface area contributed by atoms with E-state index in [1.165, 1.54) is 6.07 Å². The molecule has 0 aliphatic carbocycles. The zero-order chi connectivity index (χ0) is 11.8. The first-order chi connectivity index (χ1) is 7.47.